The SMILES string of the molecule is CCC1=C(OC)C=CC1. The van der Waals surface area contributed by atoms with Gasteiger partial charge in [0.25, 0.3) is 0 Å². The highest BCUT2D eigenvalue weighted by Crippen LogP contribution is 2.21. The van der Waals surface area contributed by atoms with Gasteiger partial charge in [0, 0.05) is 0 Å². The number of ether oxygens (including phenoxy) is 1. The molecule has 0 atom stereocenters. The Hall–Kier alpha value is -0.720. The topological polar surface area (TPSA) is 9.23 Å². The average Bonchev–Trinajstić information content (AvgIpc) is 2.33. The summed E-state index contributed by atoms with van der Waals surface area (Å²) in [7, 11) is 1.72. The maximum absolute atomic E-state index is 5.11. The third-order valence-corrected chi connectivity index (χ3v) is 1.63. The molecule has 0 aromatic carbocycles. The number of rotatable bonds is 2. The highest BCUT2D eigenvalue weighted by atomic mass is 16.5. The van der Waals surface area contributed by atoms with Gasteiger partial charge in [0.2, 0.25) is 0 Å². The van der Waals surface area contributed by atoms with Crippen LogP contribution in [0, 0.1) is 0 Å². The van der Waals surface area contributed by atoms with Gasteiger partial charge in [-0.05, 0) is 24.5 Å². The first-order chi connectivity index (χ1) is 4.38. The summed E-state index contributed by atoms with van der Waals surface area (Å²) in [5.74, 6) is 1.07. The maximum atomic E-state index is 5.11. The first-order valence-corrected chi connectivity index (χ1v) is 3.31. The van der Waals surface area contributed by atoms with E-state index in [1.54, 1.807) is 7.11 Å². The van der Waals surface area contributed by atoms with Crippen LogP contribution in [0.1, 0.15) is 19.8 Å². The zero-order valence-corrected chi connectivity index (χ0v) is 5.98. The minimum Gasteiger partial charge on any atom is -0.497 e. The van der Waals surface area contributed by atoms with E-state index in [0.717, 1.165) is 18.6 Å². The molecule has 0 unspecified atom stereocenters. The molecule has 1 heteroatoms. The molecule has 0 heterocycles. The van der Waals surface area contributed by atoms with Gasteiger partial charge in [-0.3, -0.25) is 0 Å². The number of allylic oxidation sites excluding steroid dienone is 3. The van der Waals surface area contributed by atoms with Crippen LogP contribution in [-0.4, -0.2) is 7.11 Å². The highest BCUT2D eigenvalue weighted by molar-refractivity contribution is 5.28. The highest BCUT2D eigenvalue weighted by Gasteiger charge is 2.05. The third kappa shape index (κ3) is 1.15. The van der Waals surface area contributed by atoms with Gasteiger partial charge in [0.05, 0.1) is 7.11 Å². The van der Waals surface area contributed by atoms with Gasteiger partial charge in [-0.15, -0.1) is 0 Å². The molecule has 0 radical (unpaired) electrons. The van der Waals surface area contributed by atoms with Crippen molar-refractivity contribution in [1.29, 1.82) is 0 Å². The molecule has 0 aromatic rings. The average molecular weight is 124 g/mol. The fourth-order valence-electron chi connectivity index (χ4n) is 1.06. The lowest BCUT2D eigenvalue weighted by Crippen LogP contribution is -1.84. The molecule has 0 saturated carbocycles. The van der Waals surface area contributed by atoms with Crippen LogP contribution in [0.2, 0.25) is 0 Å². The van der Waals surface area contributed by atoms with Crippen LogP contribution < -0.4 is 0 Å². The van der Waals surface area contributed by atoms with E-state index in [9.17, 15) is 0 Å². The predicted octanol–water partition coefficient (Wildman–Crippen LogP) is 2.26. The standard InChI is InChI=1S/C8H12O/c1-3-7-5-4-6-8(7)9-2/h4,6H,3,5H2,1-2H3. The third-order valence-electron chi connectivity index (χ3n) is 1.63. The quantitative estimate of drug-likeness (QED) is 0.548. The predicted molar refractivity (Wildman–Crippen MR) is 38.1 cm³/mol. The Bertz CT molecular complexity index is 154. The van der Waals surface area contributed by atoms with E-state index in [-0.39, 0.29) is 0 Å². The fourth-order valence-corrected chi connectivity index (χ4v) is 1.06. The molecule has 0 aliphatic heterocycles. The van der Waals surface area contributed by atoms with Crippen molar-refractivity contribution in [2.24, 2.45) is 0 Å². The summed E-state index contributed by atoms with van der Waals surface area (Å²) in [4.78, 5) is 0. The van der Waals surface area contributed by atoms with Gasteiger partial charge in [-0.25, -0.2) is 0 Å². The molecule has 0 amide bonds. The molecule has 0 aromatic heterocycles. The van der Waals surface area contributed by atoms with Gasteiger partial charge >= 0.3 is 0 Å². The largest absolute Gasteiger partial charge is 0.497 e. The number of hydrogen-bond donors (Lipinski definition) is 0. The Morgan fingerprint density at radius 2 is 2.44 bits per heavy atom. The molecule has 0 N–H and O–H groups in total. The molecule has 1 rings (SSSR count). The van der Waals surface area contributed by atoms with Crippen molar-refractivity contribution in [3.8, 4) is 0 Å². The molecule has 9 heavy (non-hydrogen) atoms. The summed E-state index contributed by atoms with van der Waals surface area (Å²) < 4.78 is 5.11. The van der Waals surface area contributed by atoms with E-state index in [1.165, 1.54) is 5.57 Å². The Morgan fingerprint density at radius 3 is 2.89 bits per heavy atom. The molecule has 0 saturated heterocycles. The van der Waals surface area contributed by atoms with Gasteiger partial charge in [0.15, 0.2) is 0 Å². The van der Waals surface area contributed by atoms with Crippen molar-refractivity contribution < 1.29 is 4.74 Å². The lowest BCUT2D eigenvalue weighted by atomic mass is 10.2. The first-order valence-electron chi connectivity index (χ1n) is 3.31. The van der Waals surface area contributed by atoms with E-state index in [1.807, 2.05) is 6.08 Å². The van der Waals surface area contributed by atoms with Crippen LogP contribution in [0.25, 0.3) is 0 Å². The molecule has 0 bridgehead atoms. The second-order valence-corrected chi connectivity index (χ2v) is 2.13. The second-order valence-electron chi connectivity index (χ2n) is 2.13. The first kappa shape index (κ1) is 6.40. The summed E-state index contributed by atoms with van der Waals surface area (Å²) in [6, 6.07) is 0. The van der Waals surface area contributed by atoms with Crippen molar-refractivity contribution in [2.45, 2.75) is 19.8 Å². The molecule has 1 aliphatic rings. The normalized spacial score (nSPS) is 17.1. The summed E-state index contributed by atoms with van der Waals surface area (Å²) >= 11 is 0. The monoisotopic (exact) mass is 124 g/mol. The van der Waals surface area contributed by atoms with Gasteiger partial charge in [0.1, 0.15) is 5.76 Å². The molecule has 1 nitrogen and oxygen atoms in total. The van der Waals surface area contributed by atoms with E-state index in [4.69, 9.17) is 4.74 Å². The second kappa shape index (κ2) is 2.72. The minimum atomic E-state index is 1.07. The number of hydrogen-bond acceptors (Lipinski definition) is 1. The Kier molecular flexibility index (Phi) is 1.93. The maximum Gasteiger partial charge on any atom is 0.118 e. The van der Waals surface area contributed by atoms with Crippen molar-refractivity contribution in [1.82, 2.24) is 0 Å². The smallest absolute Gasteiger partial charge is 0.118 e. The van der Waals surface area contributed by atoms with Crippen molar-refractivity contribution in [3.05, 3.63) is 23.5 Å². The van der Waals surface area contributed by atoms with Gasteiger partial charge in [-0.1, -0.05) is 13.0 Å². The Labute approximate surface area is 56.0 Å². The number of methoxy groups -OCH3 is 1. The van der Waals surface area contributed by atoms with Crippen molar-refractivity contribution in [3.63, 3.8) is 0 Å². The lowest BCUT2D eigenvalue weighted by molar-refractivity contribution is 0.303. The summed E-state index contributed by atoms with van der Waals surface area (Å²) in [5, 5.41) is 0. The zero-order chi connectivity index (χ0) is 6.69. The van der Waals surface area contributed by atoms with E-state index >= 15 is 0 Å². The Morgan fingerprint density at radius 1 is 1.67 bits per heavy atom. The van der Waals surface area contributed by atoms with Crippen LogP contribution >= 0.6 is 0 Å². The van der Waals surface area contributed by atoms with Crippen LogP contribution in [-0.2, 0) is 4.74 Å². The molecule has 0 fully saturated rings. The summed E-state index contributed by atoms with van der Waals surface area (Å²) in [6.45, 7) is 2.15. The molecular weight excluding hydrogens is 112 g/mol. The van der Waals surface area contributed by atoms with Crippen molar-refractivity contribution in [2.75, 3.05) is 7.11 Å². The lowest BCUT2D eigenvalue weighted by Gasteiger charge is -2.00. The zero-order valence-electron chi connectivity index (χ0n) is 5.98. The molecule has 1 aliphatic carbocycles. The van der Waals surface area contributed by atoms with E-state index in [0.29, 0.717) is 0 Å². The van der Waals surface area contributed by atoms with E-state index in [2.05, 4.69) is 13.0 Å². The van der Waals surface area contributed by atoms with Crippen LogP contribution in [0.3, 0.4) is 0 Å². The van der Waals surface area contributed by atoms with Crippen LogP contribution in [0.4, 0.5) is 0 Å². The van der Waals surface area contributed by atoms with E-state index < -0.39 is 0 Å². The molecule has 50 valence electrons. The van der Waals surface area contributed by atoms with Crippen LogP contribution in [0.5, 0.6) is 0 Å². The van der Waals surface area contributed by atoms with Gasteiger partial charge < -0.3 is 4.74 Å². The summed E-state index contributed by atoms with van der Waals surface area (Å²) in [5.41, 5.74) is 1.41. The van der Waals surface area contributed by atoms with Crippen molar-refractivity contribution >= 4 is 0 Å². The van der Waals surface area contributed by atoms with Crippen LogP contribution in [0.15, 0.2) is 23.5 Å². The molecular formula is C8H12O. The minimum absolute atomic E-state index is 1.07. The Balaban J connectivity index is 2.67. The van der Waals surface area contributed by atoms with Gasteiger partial charge in [-0.2, -0.15) is 0 Å². The fraction of sp³-hybridized carbons (Fsp3) is 0.500. The molecule has 0 spiro atoms. The summed E-state index contributed by atoms with van der Waals surface area (Å²) in [6.07, 6.45) is 6.37.